The van der Waals surface area contributed by atoms with Crippen molar-refractivity contribution in [2.24, 2.45) is 0 Å². The highest BCUT2D eigenvalue weighted by Gasteiger charge is 2.24. The van der Waals surface area contributed by atoms with Gasteiger partial charge in [0.05, 0.1) is 12.7 Å². The van der Waals surface area contributed by atoms with Crippen LogP contribution in [0.4, 0.5) is 0 Å². The van der Waals surface area contributed by atoms with Gasteiger partial charge in [-0.05, 0) is 37.0 Å². The SMILES string of the molecule is CCOc1cc(C(=O)CC[C@@H](O)[C@@H]2Cc3ccccc3CN2)ccn1. The summed E-state index contributed by atoms with van der Waals surface area (Å²) >= 11 is 0. The van der Waals surface area contributed by atoms with Gasteiger partial charge in [-0.3, -0.25) is 4.79 Å². The number of ether oxygens (including phenoxy) is 1. The molecule has 5 heteroatoms. The molecule has 0 fully saturated rings. The van der Waals surface area contributed by atoms with Crippen molar-refractivity contribution in [2.75, 3.05) is 6.61 Å². The van der Waals surface area contributed by atoms with Crippen LogP contribution in [0.5, 0.6) is 5.88 Å². The van der Waals surface area contributed by atoms with Crippen molar-refractivity contribution in [3.05, 3.63) is 59.3 Å². The van der Waals surface area contributed by atoms with Gasteiger partial charge in [0, 0.05) is 36.8 Å². The standard InChI is InChI=1S/C20H24N2O3/c1-2-25-20-12-15(9-10-21-20)18(23)7-8-19(24)17-11-14-5-3-4-6-16(14)13-22-17/h3-6,9-10,12,17,19,22,24H,2,7-8,11,13H2,1H3/t17-,19+/m0/s1. The Labute approximate surface area is 148 Å². The number of ketones is 1. The summed E-state index contributed by atoms with van der Waals surface area (Å²) in [5, 5.41) is 13.9. The van der Waals surface area contributed by atoms with E-state index in [9.17, 15) is 9.90 Å². The van der Waals surface area contributed by atoms with Gasteiger partial charge in [-0.15, -0.1) is 0 Å². The molecular weight excluding hydrogens is 316 g/mol. The predicted octanol–water partition coefficient (Wildman–Crippen LogP) is 2.52. The molecule has 2 aromatic rings. The number of aliphatic hydroxyl groups is 1. The first-order valence-electron chi connectivity index (χ1n) is 8.77. The maximum Gasteiger partial charge on any atom is 0.213 e. The number of nitrogens with one attached hydrogen (secondary N) is 1. The molecule has 0 saturated carbocycles. The van der Waals surface area contributed by atoms with Gasteiger partial charge in [0.25, 0.3) is 0 Å². The number of hydrogen-bond donors (Lipinski definition) is 2. The number of carbonyl (C=O) groups is 1. The van der Waals surface area contributed by atoms with Crippen LogP contribution in [0.15, 0.2) is 42.6 Å². The molecule has 2 heterocycles. The van der Waals surface area contributed by atoms with E-state index in [1.165, 1.54) is 11.1 Å². The molecule has 0 bridgehead atoms. The lowest BCUT2D eigenvalue weighted by molar-refractivity contribution is 0.0877. The van der Waals surface area contributed by atoms with E-state index in [4.69, 9.17) is 4.74 Å². The number of rotatable bonds is 7. The van der Waals surface area contributed by atoms with E-state index in [2.05, 4.69) is 22.4 Å². The van der Waals surface area contributed by atoms with E-state index >= 15 is 0 Å². The molecule has 2 N–H and O–H groups in total. The molecular formula is C20H24N2O3. The van der Waals surface area contributed by atoms with Crippen molar-refractivity contribution < 1.29 is 14.6 Å². The van der Waals surface area contributed by atoms with Crippen molar-refractivity contribution in [1.29, 1.82) is 0 Å². The molecule has 1 aliphatic rings. The Hall–Kier alpha value is -2.24. The zero-order valence-electron chi connectivity index (χ0n) is 14.4. The van der Waals surface area contributed by atoms with Gasteiger partial charge in [0.2, 0.25) is 5.88 Å². The topological polar surface area (TPSA) is 71.5 Å². The maximum atomic E-state index is 12.4. The number of hydrogen-bond acceptors (Lipinski definition) is 5. The van der Waals surface area contributed by atoms with Crippen LogP contribution in [-0.4, -0.2) is 34.6 Å². The summed E-state index contributed by atoms with van der Waals surface area (Å²) < 4.78 is 5.33. The molecule has 0 unspecified atom stereocenters. The molecule has 0 radical (unpaired) electrons. The van der Waals surface area contributed by atoms with Crippen molar-refractivity contribution in [3.63, 3.8) is 0 Å². The number of Topliss-reactive ketones (excluding diaryl/α,β-unsaturated/α-hetero) is 1. The summed E-state index contributed by atoms with van der Waals surface area (Å²) in [4.78, 5) is 16.4. The Balaban J connectivity index is 1.55. The zero-order valence-corrected chi connectivity index (χ0v) is 14.4. The molecule has 1 aliphatic heterocycles. The minimum Gasteiger partial charge on any atom is -0.478 e. The van der Waals surface area contributed by atoms with Crippen LogP contribution in [0, 0.1) is 0 Å². The van der Waals surface area contributed by atoms with Gasteiger partial charge < -0.3 is 15.2 Å². The highest BCUT2D eigenvalue weighted by Crippen LogP contribution is 2.20. The zero-order chi connectivity index (χ0) is 17.6. The van der Waals surface area contributed by atoms with Gasteiger partial charge in [0.1, 0.15) is 0 Å². The van der Waals surface area contributed by atoms with Crippen LogP contribution < -0.4 is 10.1 Å². The highest BCUT2D eigenvalue weighted by atomic mass is 16.5. The molecule has 2 atom stereocenters. The second-order valence-electron chi connectivity index (χ2n) is 6.31. The number of nitrogens with zero attached hydrogens (tertiary/aromatic N) is 1. The number of carbonyl (C=O) groups excluding carboxylic acids is 1. The van der Waals surface area contributed by atoms with Crippen molar-refractivity contribution in [1.82, 2.24) is 10.3 Å². The van der Waals surface area contributed by atoms with Crippen molar-refractivity contribution in [2.45, 2.75) is 44.9 Å². The largest absolute Gasteiger partial charge is 0.478 e. The normalized spacial score (nSPS) is 17.6. The number of aromatic nitrogens is 1. The van der Waals surface area contributed by atoms with Crippen LogP contribution in [0.2, 0.25) is 0 Å². The second-order valence-corrected chi connectivity index (χ2v) is 6.31. The first-order chi connectivity index (χ1) is 12.2. The van der Waals surface area contributed by atoms with Gasteiger partial charge in [-0.1, -0.05) is 24.3 Å². The van der Waals surface area contributed by atoms with Crippen LogP contribution in [0.25, 0.3) is 0 Å². The molecule has 0 spiro atoms. The smallest absolute Gasteiger partial charge is 0.213 e. The first-order valence-corrected chi connectivity index (χ1v) is 8.77. The third-order valence-electron chi connectivity index (χ3n) is 4.59. The quantitative estimate of drug-likeness (QED) is 0.758. The number of aliphatic hydroxyl groups excluding tert-OH is 1. The molecule has 0 aliphatic carbocycles. The average Bonchev–Trinajstić information content (AvgIpc) is 2.66. The Morgan fingerprint density at radius 2 is 2.16 bits per heavy atom. The molecule has 3 rings (SSSR count). The Bertz CT molecular complexity index is 732. The van der Waals surface area contributed by atoms with E-state index in [-0.39, 0.29) is 11.8 Å². The summed E-state index contributed by atoms with van der Waals surface area (Å²) in [5.74, 6) is 0.457. The predicted molar refractivity (Wildman–Crippen MR) is 95.8 cm³/mol. The second kappa shape index (κ2) is 8.23. The Morgan fingerprint density at radius 3 is 2.96 bits per heavy atom. The minimum absolute atomic E-state index is 0.00128. The molecule has 25 heavy (non-hydrogen) atoms. The van der Waals surface area contributed by atoms with Crippen LogP contribution in [0.1, 0.15) is 41.3 Å². The molecule has 132 valence electrons. The van der Waals surface area contributed by atoms with Gasteiger partial charge in [0.15, 0.2) is 5.78 Å². The maximum absolute atomic E-state index is 12.4. The minimum atomic E-state index is -0.550. The lowest BCUT2D eigenvalue weighted by atomic mass is 9.91. The van der Waals surface area contributed by atoms with E-state index < -0.39 is 6.10 Å². The molecule has 0 amide bonds. The fraction of sp³-hybridized carbons (Fsp3) is 0.400. The fourth-order valence-corrected chi connectivity index (χ4v) is 3.19. The number of pyridine rings is 1. The van der Waals surface area contributed by atoms with Crippen LogP contribution in [-0.2, 0) is 13.0 Å². The molecule has 1 aromatic heterocycles. The molecule has 1 aromatic carbocycles. The van der Waals surface area contributed by atoms with Gasteiger partial charge in [-0.2, -0.15) is 0 Å². The van der Waals surface area contributed by atoms with Crippen molar-refractivity contribution in [3.8, 4) is 5.88 Å². The Morgan fingerprint density at radius 1 is 1.36 bits per heavy atom. The lowest BCUT2D eigenvalue weighted by Crippen LogP contribution is -2.44. The summed E-state index contributed by atoms with van der Waals surface area (Å²) in [7, 11) is 0. The monoisotopic (exact) mass is 340 g/mol. The summed E-state index contributed by atoms with van der Waals surface area (Å²) in [6, 6.07) is 11.6. The van der Waals surface area contributed by atoms with E-state index in [1.807, 2.05) is 19.1 Å². The van der Waals surface area contributed by atoms with Crippen LogP contribution >= 0.6 is 0 Å². The number of benzene rings is 1. The summed E-state index contributed by atoms with van der Waals surface area (Å²) in [5.41, 5.74) is 3.13. The first kappa shape index (κ1) is 17.6. The Kier molecular flexibility index (Phi) is 5.79. The van der Waals surface area contributed by atoms with E-state index in [0.29, 0.717) is 30.9 Å². The van der Waals surface area contributed by atoms with E-state index in [1.54, 1.807) is 18.3 Å². The van der Waals surface area contributed by atoms with Gasteiger partial charge in [-0.25, -0.2) is 4.98 Å². The molecule has 0 saturated heterocycles. The third kappa shape index (κ3) is 4.44. The average molecular weight is 340 g/mol. The highest BCUT2D eigenvalue weighted by molar-refractivity contribution is 5.96. The van der Waals surface area contributed by atoms with Crippen LogP contribution in [0.3, 0.4) is 0 Å². The van der Waals surface area contributed by atoms with Crippen molar-refractivity contribution >= 4 is 5.78 Å². The lowest BCUT2D eigenvalue weighted by Gasteiger charge is -2.29. The number of fused-ring (bicyclic) bond motifs is 1. The van der Waals surface area contributed by atoms with E-state index in [0.717, 1.165) is 13.0 Å². The summed E-state index contributed by atoms with van der Waals surface area (Å²) in [6.07, 6.45) is 2.55. The summed E-state index contributed by atoms with van der Waals surface area (Å²) in [6.45, 7) is 3.15. The molecule has 5 nitrogen and oxygen atoms in total. The third-order valence-corrected chi connectivity index (χ3v) is 4.59. The van der Waals surface area contributed by atoms with Gasteiger partial charge >= 0.3 is 0 Å². The fourth-order valence-electron chi connectivity index (χ4n) is 3.19.